The molecule has 2 heterocycles. The standard InChI is InChI=1S/C20H27N5O3/c1-28-13-7-11-24-15-22-23-18(24)14-21-19(26)17-10-5-6-12-25(17)20(27)16-8-3-2-4-9-16/h2-4,8-9,15,17H,5-7,10-14H2,1H3,(H,21,26). The van der Waals surface area contributed by atoms with E-state index < -0.39 is 6.04 Å². The molecule has 1 aliphatic rings. The Labute approximate surface area is 164 Å². The minimum absolute atomic E-state index is 0.0943. The zero-order valence-corrected chi connectivity index (χ0v) is 16.2. The molecule has 8 nitrogen and oxygen atoms in total. The molecule has 8 heteroatoms. The lowest BCUT2D eigenvalue weighted by Crippen LogP contribution is -2.51. The Balaban J connectivity index is 1.61. The molecule has 1 aromatic heterocycles. The van der Waals surface area contributed by atoms with Crippen molar-refractivity contribution in [1.29, 1.82) is 0 Å². The zero-order chi connectivity index (χ0) is 19.8. The normalized spacial score (nSPS) is 16.8. The average molecular weight is 385 g/mol. The van der Waals surface area contributed by atoms with Gasteiger partial charge < -0.3 is 19.5 Å². The first-order chi connectivity index (χ1) is 13.7. The SMILES string of the molecule is COCCCn1cnnc1CNC(=O)C1CCCCN1C(=O)c1ccccc1. The summed E-state index contributed by atoms with van der Waals surface area (Å²) >= 11 is 0. The predicted molar refractivity (Wildman–Crippen MR) is 103 cm³/mol. The minimum atomic E-state index is -0.452. The van der Waals surface area contributed by atoms with Crippen LogP contribution in [-0.2, 0) is 22.6 Å². The van der Waals surface area contributed by atoms with E-state index in [9.17, 15) is 9.59 Å². The van der Waals surface area contributed by atoms with Crippen molar-refractivity contribution < 1.29 is 14.3 Å². The number of rotatable bonds is 8. The van der Waals surface area contributed by atoms with Crippen LogP contribution in [0.4, 0.5) is 0 Å². The monoisotopic (exact) mass is 385 g/mol. The molecular weight excluding hydrogens is 358 g/mol. The summed E-state index contributed by atoms with van der Waals surface area (Å²) < 4.78 is 6.98. The molecule has 0 radical (unpaired) electrons. The lowest BCUT2D eigenvalue weighted by atomic mass is 10.00. The number of amides is 2. The van der Waals surface area contributed by atoms with Gasteiger partial charge in [0.2, 0.25) is 5.91 Å². The lowest BCUT2D eigenvalue weighted by molar-refractivity contribution is -0.126. The van der Waals surface area contributed by atoms with Crippen LogP contribution in [0.3, 0.4) is 0 Å². The van der Waals surface area contributed by atoms with Crippen LogP contribution in [0.1, 0.15) is 41.9 Å². The molecule has 1 saturated heterocycles. The molecule has 2 amide bonds. The van der Waals surface area contributed by atoms with Crippen LogP contribution in [0, 0.1) is 0 Å². The molecule has 28 heavy (non-hydrogen) atoms. The number of ether oxygens (including phenoxy) is 1. The van der Waals surface area contributed by atoms with E-state index in [2.05, 4.69) is 15.5 Å². The van der Waals surface area contributed by atoms with E-state index in [4.69, 9.17) is 4.74 Å². The Hall–Kier alpha value is -2.74. The second-order valence-corrected chi connectivity index (χ2v) is 6.88. The molecule has 150 valence electrons. The topological polar surface area (TPSA) is 89.3 Å². The first kappa shape index (κ1) is 20.0. The van der Waals surface area contributed by atoms with Crippen LogP contribution >= 0.6 is 0 Å². The van der Waals surface area contributed by atoms with Gasteiger partial charge in [-0.3, -0.25) is 9.59 Å². The van der Waals surface area contributed by atoms with E-state index >= 15 is 0 Å². The zero-order valence-electron chi connectivity index (χ0n) is 16.2. The Morgan fingerprint density at radius 2 is 2.07 bits per heavy atom. The third-order valence-electron chi connectivity index (χ3n) is 4.95. The highest BCUT2D eigenvalue weighted by Crippen LogP contribution is 2.20. The van der Waals surface area contributed by atoms with Crippen LogP contribution < -0.4 is 5.32 Å². The van der Waals surface area contributed by atoms with Crippen LogP contribution in [0.5, 0.6) is 0 Å². The molecule has 0 aliphatic carbocycles. The Morgan fingerprint density at radius 3 is 2.86 bits per heavy atom. The number of benzene rings is 1. The van der Waals surface area contributed by atoms with E-state index in [1.54, 1.807) is 30.5 Å². The number of carbonyl (C=O) groups excluding carboxylic acids is 2. The van der Waals surface area contributed by atoms with E-state index in [-0.39, 0.29) is 18.4 Å². The molecular formula is C20H27N5O3. The van der Waals surface area contributed by atoms with Gasteiger partial charge in [-0.1, -0.05) is 18.2 Å². The number of aryl methyl sites for hydroxylation is 1. The number of methoxy groups -OCH3 is 1. The summed E-state index contributed by atoms with van der Waals surface area (Å²) in [5.41, 5.74) is 0.611. The van der Waals surface area contributed by atoms with Gasteiger partial charge in [-0.25, -0.2) is 0 Å². The van der Waals surface area contributed by atoms with Crippen molar-refractivity contribution in [2.75, 3.05) is 20.3 Å². The van der Waals surface area contributed by atoms with Crippen molar-refractivity contribution in [3.63, 3.8) is 0 Å². The summed E-state index contributed by atoms with van der Waals surface area (Å²) in [6, 6.07) is 8.67. The first-order valence-electron chi connectivity index (χ1n) is 9.70. The van der Waals surface area contributed by atoms with Crippen molar-refractivity contribution in [3.8, 4) is 0 Å². The fourth-order valence-corrected chi connectivity index (χ4v) is 3.46. The number of carbonyl (C=O) groups is 2. The minimum Gasteiger partial charge on any atom is -0.385 e. The highest BCUT2D eigenvalue weighted by Gasteiger charge is 2.32. The fraction of sp³-hybridized carbons (Fsp3) is 0.500. The Morgan fingerprint density at radius 1 is 1.25 bits per heavy atom. The first-order valence-corrected chi connectivity index (χ1v) is 9.70. The van der Waals surface area contributed by atoms with Gasteiger partial charge in [-0.15, -0.1) is 10.2 Å². The molecule has 1 unspecified atom stereocenters. The largest absolute Gasteiger partial charge is 0.385 e. The summed E-state index contributed by atoms with van der Waals surface area (Å²) in [6.45, 7) is 2.27. The van der Waals surface area contributed by atoms with Crippen LogP contribution in [0.25, 0.3) is 0 Å². The number of likely N-dealkylation sites (tertiary alicyclic amines) is 1. The molecule has 1 aliphatic heterocycles. The number of piperidine rings is 1. The highest BCUT2D eigenvalue weighted by atomic mass is 16.5. The van der Waals surface area contributed by atoms with Crippen molar-refractivity contribution in [2.45, 2.75) is 44.8 Å². The quantitative estimate of drug-likeness (QED) is 0.698. The second-order valence-electron chi connectivity index (χ2n) is 6.88. The fourth-order valence-electron chi connectivity index (χ4n) is 3.46. The predicted octanol–water partition coefficient (Wildman–Crippen LogP) is 1.63. The van der Waals surface area contributed by atoms with Crippen LogP contribution in [-0.4, -0.2) is 57.8 Å². The van der Waals surface area contributed by atoms with Gasteiger partial charge in [-0.2, -0.15) is 0 Å². The highest BCUT2D eigenvalue weighted by molar-refractivity contribution is 5.97. The smallest absolute Gasteiger partial charge is 0.254 e. The number of nitrogens with zero attached hydrogens (tertiary/aromatic N) is 4. The van der Waals surface area contributed by atoms with Gasteiger partial charge >= 0.3 is 0 Å². The van der Waals surface area contributed by atoms with Crippen LogP contribution in [0.15, 0.2) is 36.7 Å². The van der Waals surface area contributed by atoms with Gasteiger partial charge in [0.15, 0.2) is 5.82 Å². The van der Waals surface area contributed by atoms with E-state index in [0.717, 1.165) is 25.8 Å². The molecule has 2 aromatic rings. The molecule has 1 N–H and O–H groups in total. The third-order valence-corrected chi connectivity index (χ3v) is 4.95. The second kappa shape index (κ2) is 9.98. The van der Waals surface area contributed by atoms with E-state index in [1.165, 1.54) is 0 Å². The Kier molecular flexibility index (Phi) is 7.13. The Bertz CT molecular complexity index is 777. The summed E-state index contributed by atoms with van der Waals surface area (Å²) in [5, 5.41) is 11.0. The van der Waals surface area contributed by atoms with Crippen molar-refractivity contribution in [1.82, 2.24) is 25.0 Å². The summed E-state index contributed by atoms with van der Waals surface area (Å²) in [7, 11) is 1.67. The molecule has 1 fully saturated rings. The van der Waals surface area contributed by atoms with Gasteiger partial charge in [0.25, 0.3) is 5.91 Å². The summed E-state index contributed by atoms with van der Waals surface area (Å²) in [4.78, 5) is 27.4. The lowest BCUT2D eigenvalue weighted by Gasteiger charge is -2.34. The average Bonchev–Trinajstić information content (AvgIpc) is 3.19. The van der Waals surface area contributed by atoms with Crippen molar-refractivity contribution in [2.24, 2.45) is 0 Å². The molecule has 0 bridgehead atoms. The molecule has 3 rings (SSSR count). The van der Waals surface area contributed by atoms with Crippen molar-refractivity contribution >= 4 is 11.8 Å². The molecule has 0 spiro atoms. The molecule has 1 atom stereocenters. The van der Waals surface area contributed by atoms with Gasteiger partial charge in [0.1, 0.15) is 12.4 Å². The number of aromatic nitrogens is 3. The molecule has 0 saturated carbocycles. The van der Waals surface area contributed by atoms with Gasteiger partial charge in [0, 0.05) is 32.4 Å². The van der Waals surface area contributed by atoms with Gasteiger partial charge in [0.05, 0.1) is 6.54 Å². The molecule has 1 aromatic carbocycles. The maximum Gasteiger partial charge on any atom is 0.254 e. The van der Waals surface area contributed by atoms with E-state index in [1.807, 2.05) is 22.8 Å². The summed E-state index contributed by atoms with van der Waals surface area (Å²) in [6.07, 6.45) is 5.02. The maximum absolute atomic E-state index is 12.9. The van der Waals surface area contributed by atoms with Crippen LogP contribution in [0.2, 0.25) is 0 Å². The number of hydrogen-bond donors (Lipinski definition) is 1. The maximum atomic E-state index is 12.9. The van der Waals surface area contributed by atoms with Crippen molar-refractivity contribution in [3.05, 3.63) is 48.0 Å². The van der Waals surface area contributed by atoms with E-state index in [0.29, 0.717) is 31.0 Å². The van der Waals surface area contributed by atoms with Gasteiger partial charge in [-0.05, 0) is 37.8 Å². The summed E-state index contributed by atoms with van der Waals surface area (Å²) in [5.74, 6) is 0.458. The number of nitrogens with one attached hydrogen (secondary N) is 1. The number of hydrogen-bond acceptors (Lipinski definition) is 5. The third kappa shape index (κ3) is 4.95.